The third-order valence-corrected chi connectivity index (χ3v) is 8.50. The van der Waals surface area contributed by atoms with Gasteiger partial charge in [0.25, 0.3) is 0 Å². The third kappa shape index (κ3) is 6.56. The topological polar surface area (TPSA) is 116 Å². The molecule has 3 aliphatic rings. The number of piperidine rings is 1. The van der Waals surface area contributed by atoms with Crippen LogP contribution in [-0.4, -0.2) is 113 Å². The molecule has 0 spiro atoms. The third-order valence-electron chi connectivity index (χ3n) is 8.50. The molecule has 6 rings (SSSR count). The number of halogens is 1. The molecule has 0 radical (unpaired) electrons. The fraction of sp³-hybridized carbons (Fsp3) is 0.484. The molecule has 2 atom stereocenters. The van der Waals surface area contributed by atoms with E-state index in [1.165, 1.54) is 22.5 Å². The summed E-state index contributed by atoms with van der Waals surface area (Å²) in [7, 11) is 0. The molecule has 3 aliphatic heterocycles. The maximum atomic E-state index is 14.7. The molecule has 0 saturated carbocycles. The molecule has 12 heteroatoms. The first kappa shape index (κ1) is 29.2. The van der Waals surface area contributed by atoms with Crippen LogP contribution in [0.15, 0.2) is 42.7 Å². The Morgan fingerprint density at radius 1 is 1.07 bits per heavy atom. The number of anilines is 3. The standard InChI is InChI=1S/C31H38FN7O4/c1-20-14-23(4-5-26(20)38-11-9-37(10-12-38)24-17-42-18-24)35-31-34-19-33-30(36-31)22-3-6-27(21(2)13-22)43-28-7-8-39(15-25(28)32)29(41)16-40/h3-6,13-14,19,24-25,28,40H,7-12,15-18H2,1-2H3,(H,33,34,35,36)/t25-,28+/m1/s1. The van der Waals surface area contributed by atoms with Crippen LogP contribution >= 0.6 is 0 Å². The van der Waals surface area contributed by atoms with Gasteiger partial charge < -0.3 is 29.7 Å². The average Bonchev–Trinajstić information content (AvgIpc) is 2.98. The van der Waals surface area contributed by atoms with Crippen molar-refractivity contribution < 1.29 is 23.8 Å². The highest BCUT2D eigenvalue weighted by atomic mass is 19.1. The minimum Gasteiger partial charge on any atom is -0.487 e. The van der Waals surface area contributed by atoms with E-state index in [9.17, 15) is 9.18 Å². The van der Waals surface area contributed by atoms with Crippen LogP contribution in [0.5, 0.6) is 5.75 Å². The van der Waals surface area contributed by atoms with Crippen LogP contribution in [0, 0.1) is 13.8 Å². The van der Waals surface area contributed by atoms with E-state index in [1.54, 1.807) is 6.07 Å². The maximum Gasteiger partial charge on any atom is 0.248 e. The van der Waals surface area contributed by atoms with E-state index >= 15 is 0 Å². The second-order valence-electron chi connectivity index (χ2n) is 11.4. The normalized spacial score (nSPS) is 21.4. The quantitative estimate of drug-likeness (QED) is 0.405. The molecule has 3 saturated heterocycles. The molecular formula is C31H38FN7O4. The summed E-state index contributed by atoms with van der Waals surface area (Å²) in [5.41, 5.74) is 4.94. The molecule has 0 unspecified atom stereocenters. The highest BCUT2D eigenvalue weighted by Crippen LogP contribution is 2.30. The number of carbonyl (C=O) groups is 1. The Bertz CT molecular complexity index is 1450. The van der Waals surface area contributed by atoms with Crippen molar-refractivity contribution in [1.82, 2.24) is 24.8 Å². The zero-order valence-corrected chi connectivity index (χ0v) is 24.6. The zero-order valence-electron chi connectivity index (χ0n) is 24.6. The summed E-state index contributed by atoms with van der Waals surface area (Å²) in [5, 5.41) is 12.4. The molecule has 3 aromatic rings. The monoisotopic (exact) mass is 591 g/mol. The number of aliphatic hydroxyl groups is 1. The Balaban J connectivity index is 1.08. The van der Waals surface area contributed by atoms with E-state index in [2.05, 4.69) is 55.2 Å². The number of alkyl halides is 1. The van der Waals surface area contributed by atoms with E-state index in [1.807, 2.05) is 19.1 Å². The van der Waals surface area contributed by atoms with Gasteiger partial charge in [0.2, 0.25) is 11.9 Å². The number of ether oxygens (including phenoxy) is 2. The molecule has 1 aromatic heterocycles. The minimum absolute atomic E-state index is 0.0857. The molecule has 4 heterocycles. The Labute approximate surface area is 250 Å². The van der Waals surface area contributed by atoms with Gasteiger partial charge in [-0.2, -0.15) is 4.98 Å². The summed E-state index contributed by atoms with van der Waals surface area (Å²) in [6.45, 7) is 9.49. The van der Waals surface area contributed by atoms with E-state index in [4.69, 9.17) is 14.6 Å². The number of amides is 1. The van der Waals surface area contributed by atoms with Crippen molar-refractivity contribution >= 4 is 23.2 Å². The van der Waals surface area contributed by atoms with Crippen molar-refractivity contribution in [3.63, 3.8) is 0 Å². The lowest BCUT2D eigenvalue weighted by atomic mass is 10.0. The summed E-state index contributed by atoms with van der Waals surface area (Å²) >= 11 is 0. The van der Waals surface area contributed by atoms with Gasteiger partial charge >= 0.3 is 0 Å². The Hall–Kier alpha value is -3.87. The van der Waals surface area contributed by atoms with Crippen LogP contribution in [-0.2, 0) is 9.53 Å². The lowest BCUT2D eigenvalue weighted by Crippen LogP contribution is -2.56. The Morgan fingerprint density at radius 3 is 2.56 bits per heavy atom. The Morgan fingerprint density at radius 2 is 1.88 bits per heavy atom. The van der Waals surface area contributed by atoms with E-state index < -0.39 is 24.8 Å². The molecule has 11 nitrogen and oxygen atoms in total. The number of hydrogen-bond donors (Lipinski definition) is 2. The molecule has 2 N–H and O–H groups in total. The second kappa shape index (κ2) is 12.8. The number of rotatable bonds is 8. The number of nitrogens with one attached hydrogen (secondary N) is 1. The number of aliphatic hydroxyl groups excluding tert-OH is 1. The summed E-state index contributed by atoms with van der Waals surface area (Å²) < 4.78 is 26.1. The van der Waals surface area contributed by atoms with Crippen LogP contribution in [0.1, 0.15) is 17.5 Å². The number of carbonyl (C=O) groups excluding carboxylic acids is 1. The van der Waals surface area contributed by atoms with Gasteiger partial charge in [0.15, 0.2) is 12.0 Å². The fourth-order valence-corrected chi connectivity index (χ4v) is 5.90. The summed E-state index contributed by atoms with van der Waals surface area (Å²) in [5.74, 6) is 1.05. The largest absolute Gasteiger partial charge is 0.487 e. The first-order valence-corrected chi connectivity index (χ1v) is 14.8. The lowest BCUT2D eigenvalue weighted by Gasteiger charge is -2.43. The van der Waals surface area contributed by atoms with Gasteiger partial charge in [-0.25, -0.2) is 14.4 Å². The number of piperazine rings is 1. The number of aromatic nitrogens is 3. The van der Waals surface area contributed by atoms with Gasteiger partial charge in [0.05, 0.1) is 25.8 Å². The molecule has 1 amide bonds. The average molecular weight is 592 g/mol. The molecular weight excluding hydrogens is 553 g/mol. The van der Waals surface area contributed by atoms with Crippen molar-refractivity contribution in [2.24, 2.45) is 0 Å². The number of likely N-dealkylation sites (tertiary alicyclic amines) is 1. The van der Waals surface area contributed by atoms with Crippen molar-refractivity contribution in [2.75, 3.05) is 69.3 Å². The van der Waals surface area contributed by atoms with Crippen LogP contribution in [0.2, 0.25) is 0 Å². The minimum atomic E-state index is -1.34. The zero-order chi connectivity index (χ0) is 29.9. The smallest absolute Gasteiger partial charge is 0.248 e. The van der Waals surface area contributed by atoms with Crippen LogP contribution in [0.25, 0.3) is 11.4 Å². The van der Waals surface area contributed by atoms with Gasteiger partial charge in [-0.3, -0.25) is 9.69 Å². The number of aryl methyl sites for hydroxylation is 2. The fourth-order valence-electron chi connectivity index (χ4n) is 5.90. The van der Waals surface area contributed by atoms with Gasteiger partial charge in [0.1, 0.15) is 24.8 Å². The number of hydrogen-bond acceptors (Lipinski definition) is 10. The van der Waals surface area contributed by atoms with Crippen LogP contribution in [0.3, 0.4) is 0 Å². The first-order chi connectivity index (χ1) is 20.9. The molecule has 228 valence electrons. The van der Waals surface area contributed by atoms with Crippen LogP contribution < -0.4 is 15.0 Å². The molecule has 43 heavy (non-hydrogen) atoms. The van der Waals surface area contributed by atoms with Gasteiger partial charge in [-0.05, 0) is 61.4 Å². The van der Waals surface area contributed by atoms with E-state index in [-0.39, 0.29) is 6.54 Å². The van der Waals surface area contributed by atoms with Crippen molar-refractivity contribution in [3.05, 3.63) is 53.9 Å². The molecule has 0 aliphatic carbocycles. The van der Waals surface area contributed by atoms with Crippen molar-refractivity contribution in [2.45, 2.75) is 38.6 Å². The number of benzene rings is 2. The van der Waals surface area contributed by atoms with Crippen LogP contribution in [0.4, 0.5) is 21.7 Å². The summed E-state index contributed by atoms with van der Waals surface area (Å²) in [6, 6.07) is 12.4. The van der Waals surface area contributed by atoms with Gasteiger partial charge in [0, 0.05) is 56.1 Å². The predicted octanol–water partition coefficient (Wildman–Crippen LogP) is 2.73. The Kier molecular flexibility index (Phi) is 8.68. The summed E-state index contributed by atoms with van der Waals surface area (Å²) in [6.07, 6.45) is -0.171. The highest BCUT2D eigenvalue weighted by molar-refractivity contribution is 5.77. The molecule has 2 aromatic carbocycles. The predicted molar refractivity (Wildman–Crippen MR) is 160 cm³/mol. The lowest BCUT2D eigenvalue weighted by molar-refractivity contribution is -0.138. The SMILES string of the molecule is Cc1cc(-c2ncnc(Nc3ccc(N4CCN(C5COC5)CC4)c(C)c3)n2)ccc1O[C@H]1CCN(C(=O)CO)C[C@H]1F. The maximum absolute atomic E-state index is 14.7. The molecule has 3 fully saturated rings. The van der Waals surface area contributed by atoms with E-state index in [0.717, 1.165) is 56.2 Å². The molecule has 0 bridgehead atoms. The highest BCUT2D eigenvalue weighted by Gasteiger charge is 2.33. The van der Waals surface area contributed by atoms with Crippen molar-refractivity contribution in [1.29, 1.82) is 0 Å². The second-order valence-corrected chi connectivity index (χ2v) is 11.4. The first-order valence-electron chi connectivity index (χ1n) is 14.8. The van der Waals surface area contributed by atoms with Gasteiger partial charge in [-0.15, -0.1) is 0 Å². The number of nitrogens with zero attached hydrogens (tertiary/aromatic N) is 6. The van der Waals surface area contributed by atoms with Gasteiger partial charge in [-0.1, -0.05) is 0 Å². The van der Waals surface area contributed by atoms with E-state index in [0.29, 0.717) is 36.5 Å². The van der Waals surface area contributed by atoms with Crippen molar-refractivity contribution in [3.8, 4) is 17.1 Å². The summed E-state index contributed by atoms with van der Waals surface area (Å²) in [4.78, 5) is 31.3.